The number of hydrogen-bond acceptors (Lipinski definition) is 5. The number of alkyl carbamates (subject to hydrolysis) is 1. The maximum atomic E-state index is 12.9. The van der Waals surface area contributed by atoms with Gasteiger partial charge in [-0.15, -0.1) is 0 Å². The minimum atomic E-state index is -0.473. The molecule has 29 heavy (non-hydrogen) atoms. The third-order valence-corrected chi connectivity index (χ3v) is 4.70. The normalized spacial score (nSPS) is 14.5. The largest absolute Gasteiger partial charge is 0.450 e. The molecule has 3 rings (SSSR count). The van der Waals surface area contributed by atoms with Crippen LogP contribution in [0, 0.1) is 5.92 Å². The Labute approximate surface area is 171 Å². The first kappa shape index (κ1) is 20.9. The van der Waals surface area contributed by atoms with Crippen molar-refractivity contribution in [3.05, 3.63) is 41.8 Å². The number of hydrogen-bond donors (Lipinski definition) is 2. The Morgan fingerprint density at radius 2 is 1.97 bits per heavy atom. The second-order valence-corrected chi connectivity index (χ2v) is 7.77. The van der Waals surface area contributed by atoms with Gasteiger partial charge in [0.1, 0.15) is 5.76 Å². The first-order valence-electron chi connectivity index (χ1n) is 10.3. The molecule has 0 aliphatic heterocycles. The van der Waals surface area contributed by atoms with Gasteiger partial charge >= 0.3 is 6.09 Å². The highest BCUT2D eigenvalue weighted by Gasteiger charge is 2.34. The summed E-state index contributed by atoms with van der Waals surface area (Å²) in [5, 5.41) is 5.73. The first-order valence-corrected chi connectivity index (χ1v) is 10.3. The molecule has 2 amide bonds. The minimum absolute atomic E-state index is 0.220. The molecule has 156 valence electrons. The second-order valence-electron chi connectivity index (χ2n) is 7.77. The highest BCUT2D eigenvalue weighted by Crippen LogP contribution is 2.43. The zero-order valence-electron chi connectivity index (χ0n) is 17.2. The number of oxazole rings is 1. The van der Waals surface area contributed by atoms with Crippen molar-refractivity contribution < 1.29 is 18.7 Å². The molecule has 2 N–H and O–H groups in total. The van der Waals surface area contributed by atoms with Gasteiger partial charge in [-0.05, 0) is 44.2 Å². The van der Waals surface area contributed by atoms with E-state index in [4.69, 9.17) is 9.15 Å². The molecule has 7 nitrogen and oxygen atoms in total. The van der Waals surface area contributed by atoms with Crippen molar-refractivity contribution in [1.82, 2.24) is 15.6 Å². The van der Waals surface area contributed by atoms with E-state index in [0.29, 0.717) is 36.4 Å². The van der Waals surface area contributed by atoms with Crippen LogP contribution in [0.25, 0.3) is 11.5 Å². The molecular weight excluding hydrogens is 370 g/mol. The van der Waals surface area contributed by atoms with E-state index < -0.39 is 6.09 Å². The molecule has 1 aliphatic carbocycles. The fraction of sp³-hybridized carbons (Fsp3) is 0.500. The average Bonchev–Trinajstić information content (AvgIpc) is 3.44. The Bertz CT molecular complexity index is 828. The average molecular weight is 399 g/mol. The maximum absolute atomic E-state index is 12.9. The van der Waals surface area contributed by atoms with Gasteiger partial charge < -0.3 is 19.8 Å². The summed E-state index contributed by atoms with van der Waals surface area (Å²) in [5.41, 5.74) is 1.18. The van der Waals surface area contributed by atoms with Gasteiger partial charge in [0.15, 0.2) is 5.69 Å². The van der Waals surface area contributed by atoms with Gasteiger partial charge in [-0.1, -0.05) is 32.0 Å². The van der Waals surface area contributed by atoms with Crippen LogP contribution in [-0.4, -0.2) is 36.2 Å². The Balaban J connectivity index is 1.70. The number of ether oxygens (including phenoxy) is 1. The zero-order valence-corrected chi connectivity index (χ0v) is 17.2. The smallest absolute Gasteiger partial charge is 0.407 e. The van der Waals surface area contributed by atoms with Crippen molar-refractivity contribution in [2.75, 3.05) is 13.2 Å². The molecule has 1 aromatic heterocycles. The Hall–Kier alpha value is -2.83. The van der Waals surface area contributed by atoms with Gasteiger partial charge in [0.25, 0.3) is 5.91 Å². The summed E-state index contributed by atoms with van der Waals surface area (Å²) in [6, 6.07) is 9.34. The summed E-state index contributed by atoms with van der Waals surface area (Å²) in [6.07, 6.45) is 2.26. The molecule has 0 spiro atoms. The zero-order chi connectivity index (χ0) is 20.8. The molecule has 1 fully saturated rings. The van der Waals surface area contributed by atoms with Crippen LogP contribution < -0.4 is 10.6 Å². The second kappa shape index (κ2) is 9.58. The molecule has 1 unspecified atom stereocenters. The van der Waals surface area contributed by atoms with E-state index in [1.807, 2.05) is 30.3 Å². The number of rotatable bonds is 9. The van der Waals surface area contributed by atoms with E-state index in [1.54, 1.807) is 6.92 Å². The standard InChI is InChI=1S/C22H29N3O4/c1-4-28-22(27)24-17(12-14(2)3)13-23-20(26)18-19(15-10-11-15)29-21(25-18)16-8-6-5-7-9-16/h5-9,14-15,17H,4,10-13H2,1-3H3,(H,23,26)(H,24,27). The van der Waals surface area contributed by atoms with E-state index in [-0.39, 0.29) is 17.9 Å². The van der Waals surface area contributed by atoms with E-state index in [0.717, 1.165) is 24.8 Å². The van der Waals surface area contributed by atoms with E-state index in [9.17, 15) is 9.59 Å². The number of aromatic nitrogens is 1. The topological polar surface area (TPSA) is 93.5 Å². The first-order chi connectivity index (χ1) is 14.0. The summed E-state index contributed by atoms with van der Waals surface area (Å²) in [6.45, 7) is 6.49. The van der Waals surface area contributed by atoms with Crippen LogP contribution in [0.5, 0.6) is 0 Å². The fourth-order valence-corrected chi connectivity index (χ4v) is 3.22. The molecule has 1 atom stereocenters. The van der Waals surface area contributed by atoms with E-state index in [1.165, 1.54) is 0 Å². The molecule has 1 heterocycles. The predicted octanol–water partition coefficient (Wildman–Crippen LogP) is 4.11. The van der Waals surface area contributed by atoms with Gasteiger partial charge in [-0.25, -0.2) is 9.78 Å². The van der Waals surface area contributed by atoms with Gasteiger partial charge in [0.05, 0.1) is 6.61 Å². The summed E-state index contributed by atoms with van der Waals surface area (Å²) in [7, 11) is 0. The quantitative estimate of drug-likeness (QED) is 0.662. The molecule has 1 saturated carbocycles. The summed E-state index contributed by atoms with van der Waals surface area (Å²) in [4.78, 5) is 29.1. The van der Waals surface area contributed by atoms with Crippen molar-refractivity contribution in [3.63, 3.8) is 0 Å². The van der Waals surface area contributed by atoms with Crippen LogP contribution in [0.2, 0.25) is 0 Å². The van der Waals surface area contributed by atoms with Gasteiger partial charge in [0, 0.05) is 24.1 Å². The molecule has 7 heteroatoms. The van der Waals surface area contributed by atoms with Crippen molar-refractivity contribution in [3.8, 4) is 11.5 Å². The summed E-state index contributed by atoms with van der Waals surface area (Å²) < 4.78 is 10.9. The number of carbonyl (C=O) groups excluding carboxylic acids is 2. The van der Waals surface area contributed by atoms with Crippen LogP contribution >= 0.6 is 0 Å². The molecule has 0 radical (unpaired) electrons. The van der Waals surface area contributed by atoms with Gasteiger partial charge in [-0.3, -0.25) is 4.79 Å². The van der Waals surface area contributed by atoms with Crippen LogP contribution in [0.3, 0.4) is 0 Å². The van der Waals surface area contributed by atoms with Crippen LogP contribution in [0.1, 0.15) is 62.2 Å². The highest BCUT2D eigenvalue weighted by atomic mass is 16.5. The Morgan fingerprint density at radius 1 is 1.24 bits per heavy atom. The number of nitrogens with one attached hydrogen (secondary N) is 2. The van der Waals surface area contributed by atoms with Gasteiger partial charge in [-0.2, -0.15) is 0 Å². The summed E-state index contributed by atoms with van der Waals surface area (Å²) >= 11 is 0. The molecule has 1 aliphatic rings. The van der Waals surface area contributed by atoms with Crippen molar-refractivity contribution in [1.29, 1.82) is 0 Å². The lowest BCUT2D eigenvalue weighted by molar-refractivity contribution is 0.0938. The highest BCUT2D eigenvalue weighted by molar-refractivity contribution is 5.94. The Morgan fingerprint density at radius 3 is 2.59 bits per heavy atom. The van der Waals surface area contributed by atoms with Gasteiger partial charge in [0.2, 0.25) is 5.89 Å². The SMILES string of the molecule is CCOC(=O)NC(CNC(=O)c1nc(-c2ccccc2)oc1C1CC1)CC(C)C. The van der Waals surface area contributed by atoms with Crippen molar-refractivity contribution in [2.24, 2.45) is 5.92 Å². The molecule has 2 aromatic rings. The molecule has 1 aromatic carbocycles. The minimum Gasteiger partial charge on any atom is -0.450 e. The van der Waals surface area contributed by atoms with Crippen molar-refractivity contribution >= 4 is 12.0 Å². The number of amides is 2. The molecular formula is C22H29N3O4. The van der Waals surface area contributed by atoms with E-state index >= 15 is 0 Å². The number of carbonyl (C=O) groups is 2. The van der Waals surface area contributed by atoms with Crippen LogP contribution in [0.4, 0.5) is 4.79 Å². The monoisotopic (exact) mass is 399 g/mol. The predicted molar refractivity (Wildman–Crippen MR) is 110 cm³/mol. The fourth-order valence-electron chi connectivity index (χ4n) is 3.22. The summed E-state index contributed by atoms with van der Waals surface area (Å²) in [5.74, 6) is 1.45. The van der Waals surface area contributed by atoms with Crippen LogP contribution in [-0.2, 0) is 4.74 Å². The lowest BCUT2D eigenvalue weighted by atomic mass is 10.0. The lowest BCUT2D eigenvalue weighted by Gasteiger charge is -2.20. The van der Waals surface area contributed by atoms with Crippen molar-refractivity contribution in [2.45, 2.75) is 52.0 Å². The maximum Gasteiger partial charge on any atom is 0.407 e. The van der Waals surface area contributed by atoms with Crippen LogP contribution in [0.15, 0.2) is 34.7 Å². The lowest BCUT2D eigenvalue weighted by Crippen LogP contribution is -2.44. The third-order valence-electron chi connectivity index (χ3n) is 4.70. The number of nitrogens with zero attached hydrogens (tertiary/aromatic N) is 1. The number of benzene rings is 1. The third kappa shape index (κ3) is 5.82. The molecule has 0 bridgehead atoms. The Kier molecular flexibility index (Phi) is 6.90. The molecule has 0 saturated heterocycles. The van der Waals surface area contributed by atoms with E-state index in [2.05, 4.69) is 29.5 Å².